The molecule has 0 bridgehead atoms. The molecule has 18 heavy (non-hydrogen) atoms. The van der Waals surface area contributed by atoms with Crippen molar-refractivity contribution in [3.05, 3.63) is 0 Å². The fourth-order valence-corrected chi connectivity index (χ4v) is 2.22. The number of imide groups is 1. The number of amides is 3. The number of rotatable bonds is 0. The van der Waals surface area contributed by atoms with Crippen LogP contribution in [-0.2, 0) is 9.53 Å². The molecular weight excluding hydrogens is 236 g/mol. The minimum Gasteiger partial charge on any atom is -0.373 e. The van der Waals surface area contributed by atoms with E-state index >= 15 is 0 Å². The Hall–Kier alpha value is -1.94. The molecule has 7 heteroatoms. The van der Waals surface area contributed by atoms with Crippen LogP contribution in [0.25, 0.3) is 0 Å². The largest absolute Gasteiger partial charge is 0.417 e. The van der Waals surface area contributed by atoms with Crippen LogP contribution in [0.4, 0.5) is 4.79 Å². The summed E-state index contributed by atoms with van der Waals surface area (Å²) in [5.41, 5.74) is 0. The van der Waals surface area contributed by atoms with Crippen LogP contribution in [0.5, 0.6) is 0 Å². The third-order valence-corrected chi connectivity index (χ3v) is 3.22. The van der Waals surface area contributed by atoms with E-state index in [2.05, 4.69) is 0 Å². The number of ether oxygens (including phenoxy) is 1. The molecular formula is C11H15N4O3+. The Morgan fingerprint density at radius 1 is 1.28 bits per heavy atom. The molecule has 0 saturated carbocycles. The van der Waals surface area contributed by atoms with E-state index in [1.807, 2.05) is 10.6 Å². The van der Waals surface area contributed by atoms with Gasteiger partial charge in [-0.3, -0.25) is 9.37 Å². The van der Waals surface area contributed by atoms with Gasteiger partial charge in [0.1, 0.15) is 13.1 Å². The van der Waals surface area contributed by atoms with Gasteiger partial charge in [0.05, 0.1) is 26.3 Å². The Morgan fingerprint density at radius 3 is 2.44 bits per heavy atom. The Balaban J connectivity index is 2.45. The second-order valence-electron chi connectivity index (χ2n) is 4.26. The summed E-state index contributed by atoms with van der Waals surface area (Å²) in [7, 11) is 2.97. The molecule has 7 nitrogen and oxygen atoms in total. The van der Waals surface area contributed by atoms with Crippen molar-refractivity contribution >= 4 is 17.8 Å². The van der Waals surface area contributed by atoms with Crippen LogP contribution in [0.2, 0.25) is 0 Å². The van der Waals surface area contributed by atoms with Crippen molar-refractivity contribution in [1.82, 2.24) is 9.80 Å². The lowest BCUT2D eigenvalue weighted by atomic mass is 10.0. The first kappa shape index (κ1) is 12.5. The van der Waals surface area contributed by atoms with Gasteiger partial charge < -0.3 is 4.74 Å². The van der Waals surface area contributed by atoms with Crippen molar-refractivity contribution in [2.75, 3.05) is 40.4 Å². The normalized spacial score (nSPS) is 25.5. The third-order valence-electron chi connectivity index (χ3n) is 3.22. The Bertz CT molecular complexity index is 457. The lowest BCUT2D eigenvalue weighted by Gasteiger charge is -2.30. The number of morpholine rings is 1. The molecule has 0 aromatic carbocycles. The highest BCUT2D eigenvalue weighted by atomic mass is 16.5. The monoisotopic (exact) mass is 251 g/mol. The summed E-state index contributed by atoms with van der Waals surface area (Å²) in [6.45, 7) is 2.24. The van der Waals surface area contributed by atoms with Gasteiger partial charge in [0.15, 0.2) is 0 Å². The van der Waals surface area contributed by atoms with Gasteiger partial charge in [-0.05, 0) is 0 Å². The van der Waals surface area contributed by atoms with Crippen LogP contribution in [0.1, 0.15) is 0 Å². The van der Waals surface area contributed by atoms with Crippen LogP contribution in [0, 0.1) is 17.2 Å². The zero-order valence-electron chi connectivity index (χ0n) is 10.4. The summed E-state index contributed by atoms with van der Waals surface area (Å²) in [6, 6.07) is 1.57. The fourth-order valence-electron chi connectivity index (χ4n) is 2.22. The minimum absolute atomic E-state index is 0.409. The number of carbonyl (C=O) groups excluding carboxylic acids is 2. The average molecular weight is 251 g/mol. The van der Waals surface area contributed by atoms with Crippen molar-refractivity contribution in [2.24, 2.45) is 5.92 Å². The van der Waals surface area contributed by atoms with Crippen molar-refractivity contribution < 1.29 is 18.9 Å². The molecule has 0 spiro atoms. The third kappa shape index (κ3) is 1.84. The van der Waals surface area contributed by atoms with E-state index in [4.69, 9.17) is 4.74 Å². The molecule has 2 aliphatic rings. The fraction of sp³-hybridized carbons (Fsp3) is 0.636. The molecule has 2 aliphatic heterocycles. The molecule has 2 fully saturated rings. The smallest absolute Gasteiger partial charge is 0.373 e. The lowest BCUT2D eigenvalue weighted by molar-refractivity contribution is -0.554. The van der Waals surface area contributed by atoms with Crippen molar-refractivity contribution in [3.8, 4) is 6.07 Å². The number of nitriles is 1. The van der Waals surface area contributed by atoms with E-state index in [1.54, 1.807) is 7.05 Å². The molecule has 96 valence electrons. The van der Waals surface area contributed by atoms with E-state index in [9.17, 15) is 14.9 Å². The van der Waals surface area contributed by atoms with Crippen molar-refractivity contribution in [1.29, 1.82) is 5.26 Å². The highest BCUT2D eigenvalue weighted by Crippen LogP contribution is 2.16. The molecule has 2 saturated heterocycles. The van der Waals surface area contributed by atoms with Crippen LogP contribution in [0.3, 0.4) is 0 Å². The highest BCUT2D eigenvalue weighted by molar-refractivity contribution is 6.17. The maximum atomic E-state index is 11.9. The molecule has 2 heterocycles. The zero-order chi connectivity index (χ0) is 13.3. The summed E-state index contributed by atoms with van der Waals surface area (Å²) in [5, 5.41) is 9.17. The molecule has 0 aromatic rings. The molecule has 2 rings (SSSR count). The summed E-state index contributed by atoms with van der Waals surface area (Å²) < 4.78 is 7.11. The van der Waals surface area contributed by atoms with E-state index in [-0.39, 0.29) is 0 Å². The Labute approximate surface area is 105 Å². The molecule has 0 N–H and O–H groups in total. The Morgan fingerprint density at radius 2 is 1.89 bits per heavy atom. The van der Waals surface area contributed by atoms with Gasteiger partial charge in [0.25, 0.3) is 11.7 Å². The van der Waals surface area contributed by atoms with Crippen LogP contribution < -0.4 is 0 Å². The standard InChI is InChI=1S/C11H15N4O3/c1-13-9(15-3-5-18-6-4-15)8(7-12)10(16)14(2)11(13)17/h8H,3-6H2,1-2H3/q+1. The number of hydrogen-bond acceptors (Lipinski definition) is 4. The molecule has 0 radical (unpaired) electrons. The van der Waals surface area contributed by atoms with Gasteiger partial charge in [-0.25, -0.2) is 9.69 Å². The van der Waals surface area contributed by atoms with Gasteiger partial charge in [-0.15, -0.1) is 0 Å². The topological polar surface area (TPSA) is 76.7 Å². The quantitative estimate of drug-likeness (QED) is 0.522. The number of nitrogens with zero attached hydrogens (tertiary/aromatic N) is 4. The van der Waals surface area contributed by atoms with E-state index < -0.39 is 17.9 Å². The second-order valence-corrected chi connectivity index (χ2v) is 4.26. The first-order valence-electron chi connectivity index (χ1n) is 5.72. The molecule has 1 atom stereocenters. The van der Waals surface area contributed by atoms with Gasteiger partial charge in [-0.1, -0.05) is 0 Å². The maximum Gasteiger partial charge on any atom is 0.417 e. The van der Waals surface area contributed by atoms with Gasteiger partial charge in [0.2, 0.25) is 5.92 Å². The zero-order valence-corrected chi connectivity index (χ0v) is 10.4. The summed E-state index contributed by atoms with van der Waals surface area (Å²) >= 11 is 0. The van der Waals surface area contributed by atoms with Crippen molar-refractivity contribution in [2.45, 2.75) is 0 Å². The SMILES string of the molecule is CN1C(=O)C(C#N)C(=[N+]2CCOCC2)N(C)C1=O. The highest BCUT2D eigenvalue weighted by Gasteiger charge is 2.48. The molecule has 0 aliphatic carbocycles. The van der Waals surface area contributed by atoms with Crippen LogP contribution in [-0.4, -0.2) is 72.5 Å². The van der Waals surface area contributed by atoms with E-state index in [0.717, 1.165) is 4.90 Å². The number of carbonyl (C=O) groups is 2. The van der Waals surface area contributed by atoms with Gasteiger partial charge in [-0.2, -0.15) is 10.2 Å². The summed E-state index contributed by atoms with van der Waals surface area (Å²) in [6.07, 6.45) is 0. The summed E-state index contributed by atoms with van der Waals surface area (Å²) in [4.78, 5) is 26.2. The first-order chi connectivity index (χ1) is 8.57. The lowest BCUT2D eigenvalue weighted by Crippen LogP contribution is -2.60. The number of urea groups is 1. The average Bonchev–Trinajstić information content (AvgIpc) is 2.41. The van der Waals surface area contributed by atoms with Crippen molar-refractivity contribution in [3.63, 3.8) is 0 Å². The predicted molar refractivity (Wildman–Crippen MR) is 60.9 cm³/mol. The second kappa shape index (κ2) is 4.74. The first-order valence-corrected chi connectivity index (χ1v) is 5.72. The molecule has 0 aromatic heterocycles. The van der Waals surface area contributed by atoms with E-state index in [0.29, 0.717) is 32.1 Å². The van der Waals surface area contributed by atoms with Crippen LogP contribution >= 0.6 is 0 Å². The number of hydrogen-bond donors (Lipinski definition) is 0. The number of amidine groups is 1. The predicted octanol–water partition coefficient (Wildman–Crippen LogP) is -0.909. The molecule has 3 amide bonds. The van der Waals surface area contributed by atoms with E-state index in [1.165, 1.54) is 11.9 Å². The summed E-state index contributed by atoms with van der Waals surface area (Å²) in [5.74, 6) is -0.924. The maximum absolute atomic E-state index is 11.9. The van der Waals surface area contributed by atoms with Gasteiger partial charge in [0, 0.05) is 7.05 Å². The van der Waals surface area contributed by atoms with Gasteiger partial charge >= 0.3 is 6.03 Å². The Kier molecular flexibility index (Phi) is 3.30. The van der Waals surface area contributed by atoms with Crippen LogP contribution in [0.15, 0.2) is 0 Å². The molecule has 1 unspecified atom stereocenters. The minimum atomic E-state index is -0.921.